The van der Waals surface area contributed by atoms with Gasteiger partial charge in [-0.15, -0.1) is 0 Å². The Morgan fingerprint density at radius 2 is 1.88 bits per heavy atom. The van der Waals surface area contributed by atoms with Crippen molar-refractivity contribution < 1.29 is 17.9 Å². The zero-order valence-corrected chi connectivity index (χ0v) is 10.1. The molecule has 0 bridgehead atoms. The summed E-state index contributed by atoms with van der Waals surface area (Å²) >= 11 is 0. The second-order valence-electron chi connectivity index (χ2n) is 3.97. The number of aryl methyl sites for hydroxylation is 1. The zero-order valence-electron chi connectivity index (χ0n) is 10.1. The Labute approximate surface area is 99.0 Å². The maximum absolute atomic E-state index is 12.6. The van der Waals surface area contributed by atoms with Gasteiger partial charge in [0, 0.05) is 26.4 Å². The van der Waals surface area contributed by atoms with E-state index in [1.54, 1.807) is 32.0 Å². The van der Waals surface area contributed by atoms with Crippen molar-refractivity contribution in [1.29, 1.82) is 0 Å². The van der Waals surface area contributed by atoms with Gasteiger partial charge in [0.25, 0.3) is 0 Å². The summed E-state index contributed by atoms with van der Waals surface area (Å²) in [4.78, 5) is 1.74. The first kappa shape index (κ1) is 13.8. The van der Waals surface area contributed by atoms with Gasteiger partial charge in [0.05, 0.1) is 12.2 Å². The van der Waals surface area contributed by atoms with Crippen LogP contribution in [0.25, 0.3) is 0 Å². The molecule has 0 aliphatic carbocycles. The van der Waals surface area contributed by atoms with Gasteiger partial charge in [-0.3, -0.25) is 0 Å². The van der Waals surface area contributed by atoms with Crippen molar-refractivity contribution in [2.75, 3.05) is 32.2 Å². The highest BCUT2D eigenvalue weighted by atomic mass is 19.4. The average molecular weight is 247 g/mol. The summed E-state index contributed by atoms with van der Waals surface area (Å²) in [5.41, 5.74) is 0.533. The number of nitrogens with zero attached hydrogens (tertiary/aromatic N) is 1. The van der Waals surface area contributed by atoms with Gasteiger partial charge in [-0.25, -0.2) is 0 Å². The van der Waals surface area contributed by atoms with Crippen LogP contribution in [0.3, 0.4) is 0 Å². The fourth-order valence-electron chi connectivity index (χ4n) is 1.50. The molecule has 1 aromatic rings. The molecule has 0 heterocycles. The van der Waals surface area contributed by atoms with E-state index < -0.39 is 11.7 Å². The average Bonchev–Trinajstić information content (AvgIpc) is 2.23. The van der Waals surface area contributed by atoms with E-state index in [1.807, 2.05) is 0 Å². The largest absolute Gasteiger partial charge is 0.416 e. The number of halogens is 3. The first-order valence-corrected chi connectivity index (χ1v) is 5.23. The predicted octanol–water partition coefficient (Wildman–Crippen LogP) is 3.10. The van der Waals surface area contributed by atoms with Gasteiger partial charge < -0.3 is 9.64 Å². The van der Waals surface area contributed by atoms with Gasteiger partial charge in [-0.05, 0) is 30.7 Å². The van der Waals surface area contributed by atoms with Crippen LogP contribution >= 0.6 is 0 Å². The Morgan fingerprint density at radius 3 is 2.41 bits per heavy atom. The molecule has 0 spiro atoms. The van der Waals surface area contributed by atoms with Crippen molar-refractivity contribution >= 4 is 5.69 Å². The molecule has 1 aromatic carbocycles. The maximum atomic E-state index is 12.6. The molecule has 2 nitrogen and oxygen atoms in total. The van der Waals surface area contributed by atoms with Crippen LogP contribution in [0.2, 0.25) is 0 Å². The van der Waals surface area contributed by atoms with E-state index in [2.05, 4.69) is 0 Å². The van der Waals surface area contributed by atoms with Crippen molar-refractivity contribution in [1.82, 2.24) is 0 Å². The third-order valence-electron chi connectivity index (χ3n) is 2.46. The Bertz CT molecular complexity index is 377. The molecule has 5 heteroatoms. The number of hydrogen-bond acceptors (Lipinski definition) is 2. The first-order valence-electron chi connectivity index (χ1n) is 5.23. The molecular weight excluding hydrogens is 231 g/mol. The number of hydrogen-bond donors (Lipinski definition) is 0. The SMILES string of the molecule is COCCN(C)c1cc(C)cc(C(F)(F)F)c1. The van der Waals surface area contributed by atoms with Crippen molar-refractivity contribution in [2.45, 2.75) is 13.1 Å². The van der Waals surface area contributed by atoms with Crippen LogP contribution in [0.15, 0.2) is 18.2 Å². The van der Waals surface area contributed by atoms with Crippen molar-refractivity contribution in [2.24, 2.45) is 0 Å². The van der Waals surface area contributed by atoms with Gasteiger partial charge in [0.1, 0.15) is 0 Å². The lowest BCUT2D eigenvalue weighted by Crippen LogP contribution is -2.22. The van der Waals surface area contributed by atoms with Crippen LogP contribution in [0.5, 0.6) is 0 Å². The zero-order chi connectivity index (χ0) is 13.1. The third-order valence-corrected chi connectivity index (χ3v) is 2.46. The second kappa shape index (κ2) is 5.40. The number of anilines is 1. The van der Waals surface area contributed by atoms with Gasteiger partial charge in [-0.1, -0.05) is 0 Å². The Hall–Kier alpha value is -1.23. The molecule has 0 atom stereocenters. The van der Waals surface area contributed by atoms with E-state index >= 15 is 0 Å². The molecule has 0 aliphatic rings. The smallest absolute Gasteiger partial charge is 0.383 e. The fraction of sp³-hybridized carbons (Fsp3) is 0.500. The highest BCUT2D eigenvalue weighted by molar-refractivity contribution is 5.51. The monoisotopic (exact) mass is 247 g/mol. The molecule has 0 fully saturated rings. The van der Waals surface area contributed by atoms with Crippen molar-refractivity contribution in [3.63, 3.8) is 0 Å². The second-order valence-corrected chi connectivity index (χ2v) is 3.97. The summed E-state index contributed by atoms with van der Waals surface area (Å²) in [6.07, 6.45) is -4.30. The molecule has 0 amide bonds. The molecule has 0 unspecified atom stereocenters. The molecule has 1 rings (SSSR count). The normalized spacial score (nSPS) is 11.6. The summed E-state index contributed by atoms with van der Waals surface area (Å²) in [7, 11) is 3.30. The van der Waals surface area contributed by atoms with Crippen molar-refractivity contribution in [3.05, 3.63) is 29.3 Å². The highest BCUT2D eigenvalue weighted by Gasteiger charge is 2.31. The minimum Gasteiger partial charge on any atom is -0.383 e. The quantitative estimate of drug-likeness (QED) is 0.810. The standard InChI is InChI=1S/C12H16F3NO/c1-9-6-10(12(13,14)15)8-11(7-9)16(2)4-5-17-3/h6-8H,4-5H2,1-3H3. The Kier molecular flexibility index (Phi) is 4.40. The number of benzene rings is 1. The predicted molar refractivity (Wildman–Crippen MR) is 61.3 cm³/mol. The molecule has 0 radical (unpaired) electrons. The lowest BCUT2D eigenvalue weighted by molar-refractivity contribution is -0.137. The minimum absolute atomic E-state index is 0.478. The molecule has 0 saturated heterocycles. The first-order chi connectivity index (χ1) is 7.84. The molecule has 17 heavy (non-hydrogen) atoms. The lowest BCUT2D eigenvalue weighted by atomic mass is 10.1. The number of likely N-dealkylation sites (N-methyl/N-ethyl adjacent to an activating group) is 1. The van der Waals surface area contributed by atoms with Crippen LogP contribution < -0.4 is 4.90 Å². The summed E-state index contributed by atoms with van der Waals surface area (Å²) in [6, 6.07) is 4.03. The van der Waals surface area contributed by atoms with E-state index in [-0.39, 0.29) is 0 Å². The Balaban J connectivity index is 2.97. The topological polar surface area (TPSA) is 12.5 Å². The summed E-state index contributed by atoms with van der Waals surface area (Å²) in [5, 5.41) is 0. The fourth-order valence-corrected chi connectivity index (χ4v) is 1.50. The van der Waals surface area contributed by atoms with E-state index in [9.17, 15) is 13.2 Å². The minimum atomic E-state index is -4.30. The van der Waals surface area contributed by atoms with Crippen LogP contribution in [-0.2, 0) is 10.9 Å². The number of methoxy groups -OCH3 is 1. The van der Waals surface area contributed by atoms with Crippen LogP contribution in [0, 0.1) is 6.92 Å². The maximum Gasteiger partial charge on any atom is 0.416 e. The molecule has 0 saturated carbocycles. The molecule has 0 aromatic heterocycles. The summed E-state index contributed by atoms with van der Waals surface area (Å²) in [5.74, 6) is 0. The van der Waals surface area contributed by atoms with Gasteiger partial charge in [0.2, 0.25) is 0 Å². The number of rotatable bonds is 4. The molecule has 0 aliphatic heterocycles. The summed E-state index contributed by atoms with van der Waals surface area (Å²) in [6.45, 7) is 2.69. The number of ether oxygens (including phenoxy) is 1. The Morgan fingerprint density at radius 1 is 1.24 bits per heavy atom. The van der Waals surface area contributed by atoms with Gasteiger partial charge in [0.15, 0.2) is 0 Å². The van der Waals surface area contributed by atoms with E-state index in [0.717, 1.165) is 12.1 Å². The van der Waals surface area contributed by atoms with Gasteiger partial charge in [-0.2, -0.15) is 13.2 Å². The van der Waals surface area contributed by atoms with Crippen LogP contribution in [0.4, 0.5) is 18.9 Å². The molecular formula is C12H16F3NO. The van der Waals surface area contributed by atoms with Crippen LogP contribution in [0.1, 0.15) is 11.1 Å². The van der Waals surface area contributed by atoms with Gasteiger partial charge >= 0.3 is 6.18 Å². The third kappa shape index (κ3) is 3.93. The van der Waals surface area contributed by atoms with E-state index in [0.29, 0.717) is 24.4 Å². The van der Waals surface area contributed by atoms with E-state index in [1.165, 1.54) is 0 Å². The van der Waals surface area contributed by atoms with Crippen LogP contribution in [-0.4, -0.2) is 27.3 Å². The molecule has 0 N–H and O–H groups in total. The lowest BCUT2D eigenvalue weighted by Gasteiger charge is -2.21. The van der Waals surface area contributed by atoms with Crippen molar-refractivity contribution in [3.8, 4) is 0 Å². The highest BCUT2D eigenvalue weighted by Crippen LogP contribution is 2.32. The van der Waals surface area contributed by atoms with E-state index in [4.69, 9.17) is 4.74 Å². The molecule has 96 valence electrons. The summed E-state index contributed by atoms with van der Waals surface area (Å²) < 4.78 is 42.8. The number of alkyl halides is 3.